The number of rotatable bonds is 7. The maximum atomic E-state index is 12.0. The molecule has 0 bridgehead atoms. The van der Waals surface area contributed by atoms with Crippen LogP contribution in [0.15, 0.2) is 0 Å². The minimum absolute atomic E-state index is 0.0313. The van der Waals surface area contributed by atoms with Crippen LogP contribution in [-0.2, 0) is 19.7 Å². The van der Waals surface area contributed by atoms with E-state index in [1.807, 2.05) is 0 Å². The fraction of sp³-hybridized carbons (Fsp3) is 0.917. The van der Waals surface area contributed by atoms with Gasteiger partial charge in [0, 0.05) is 20.1 Å². The lowest BCUT2D eigenvalue weighted by Crippen LogP contribution is -2.41. The van der Waals surface area contributed by atoms with E-state index < -0.39 is 16.2 Å². The topological polar surface area (TPSA) is 95.9 Å². The fourth-order valence-electron chi connectivity index (χ4n) is 2.15. The normalized spacial score (nSPS) is 23.8. The summed E-state index contributed by atoms with van der Waals surface area (Å²) in [5.74, 6) is -0.171. The van der Waals surface area contributed by atoms with Crippen molar-refractivity contribution in [1.82, 2.24) is 9.03 Å². The van der Waals surface area contributed by atoms with Gasteiger partial charge in [-0.1, -0.05) is 0 Å². The van der Waals surface area contributed by atoms with E-state index in [9.17, 15) is 18.3 Å². The zero-order chi connectivity index (χ0) is 15.2. The number of ether oxygens (including phenoxy) is 1. The SMILES string of the molecule is COC(=O)CCN(C)S(=O)(=O)NCC1CCC(O)CC1. The van der Waals surface area contributed by atoms with Crippen LogP contribution in [0.3, 0.4) is 0 Å². The first-order valence-corrected chi connectivity index (χ1v) is 8.25. The van der Waals surface area contributed by atoms with Crippen LogP contribution in [0.25, 0.3) is 0 Å². The second-order valence-electron chi connectivity index (χ2n) is 5.18. The predicted molar refractivity (Wildman–Crippen MR) is 74.2 cm³/mol. The van der Waals surface area contributed by atoms with Gasteiger partial charge < -0.3 is 9.84 Å². The third-order valence-electron chi connectivity index (χ3n) is 3.64. The van der Waals surface area contributed by atoms with E-state index in [1.54, 1.807) is 0 Å². The Balaban J connectivity index is 2.34. The highest BCUT2D eigenvalue weighted by molar-refractivity contribution is 7.87. The highest BCUT2D eigenvalue weighted by Crippen LogP contribution is 2.23. The van der Waals surface area contributed by atoms with Crippen LogP contribution in [0.4, 0.5) is 0 Å². The number of carbonyl (C=O) groups excluding carboxylic acids is 1. The molecule has 0 aliphatic heterocycles. The van der Waals surface area contributed by atoms with Crippen LogP contribution >= 0.6 is 0 Å². The van der Waals surface area contributed by atoms with Gasteiger partial charge in [0.15, 0.2) is 0 Å². The number of aliphatic hydroxyl groups is 1. The third-order valence-corrected chi connectivity index (χ3v) is 5.17. The molecule has 1 fully saturated rings. The Labute approximate surface area is 120 Å². The predicted octanol–water partition coefficient (Wildman–Crippen LogP) is -0.133. The van der Waals surface area contributed by atoms with Crippen molar-refractivity contribution in [1.29, 1.82) is 0 Å². The number of esters is 1. The van der Waals surface area contributed by atoms with Gasteiger partial charge in [-0.25, -0.2) is 4.72 Å². The highest BCUT2D eigenvalue weighted by atomic mass is 32.2. The average Bonchev–Trinajstić information content (AvgIpc) is 2.43. The molecule has 8 heteroatoms. The van der Waals surface area contributed by atoms with Gasteiger partial charge in [-0.05, 0) is 31.6 Å². The Morgan fingerprint density at radius 2 is 1.95 bits per heavy atom. The Morgan fingerprint density at radius 1 is 1.35 bits per heavy atom. The molecule has 0 spiro atoms. The summed E-state index contributed by atoms with van der Waals surface area (Å²) in [6, 6.07) is 0. The van der Waals surface area contributed by atoms with Crippen LogP contribution in [0.5, 0.6) is 0 Å². The molecule has 0 radical (unpaired) electrons. The molecule has 118 valence electrons. The Morgan fingerprint density at radius 3 is 2.50 bits per heavy atom. The summed E-state index contributed by atoms with van der Waals surface area (Å²) in [5.41, 5.74) is 0. The molecular weight excluding hydrogens is 284 g/mol. The lowest BCUT2D eigenvalue weighted by Gasteiger charge is -2.26. The van der Waals surface area contributed by atoms with E-state index in [1.165, 1.54) is 14.2 Å². The highest BCUT2D eigenvalue weighted by Gasteiger charge is 2.23. The smallest absolute Gasteiger partial charge is 0.306 e. The van der Waals surface area contributed by atoms with Gasteiger partial charge in [0.05, 0.1) is 19.6 Å². The number of hydrogen-bond acceptors (Lipinski definition) is 5. The first kappa shape index (κ1) is 17.4. The third kappa shape index (κ3) is 5.74. The van der Waals surface area contributed by atoms with Crippen LogP contribution in [0.2, 0.25) is 0 Å². The van der Waals surface area contributed by atoms with Crippen molar-refractivity contribution in [3.8, 4) is 0 Å². The largest absolute Gasteiger partial charge is 0.469 e. The molecule has 0 aromatic rings. The van der Waals surface area contributed by atoms with Crippen LogP contribution in [0.1, 0.15) is 32.1 Å². The number of carbonyl (C=O) groups is 1. The van der Waals surface area contributed by atoms with Gasteiger partial charge in [-0.3, -0.25) is 4.79 Å². The summed E-state index contributed by atoms with van der Waals surface area (Å²) < 4.78 is 32.0. The molecule has 20 heavy (non-hydrogen) atoms. The lowest BCUT2D eigenvalue weighted by atomic mass is 9.88. The summed E-state index contributed by atoms with van der Waals surface area (Å²) in [5, 5.41) is 9.40. The molecule has 0 aromatic carbocycles. The average molecular weight is 308 g/mol. The molecule has 0 unspecified atom stereocenters. The quantitative estimate of drug-likeness (QED) is 0.639. The van der Waals surface area contributed by atoms with Gasteiger partial charge in [0.25, 0.3) is 10.2 Å². The second-order valence-corrected chi connectivity index (χ2v) is 7.04. The van der Waals surface area contributed by atoms with E-state index in [0.29, 0.717) is 6.54 Å². The molecule has 2 N–H and O–H groups in total. The molecule has 0 saturated heterocycles. The van der Waals surface area contributed by atoms with Gasteiger partial charge in [0.1, 0.15) is 0 Å². The number of nitrogens with zero attached hydrogens (tertiary/aromatic N) is 1. The summed E-state index contributed by atoms with van der Waals surface area (Å²) in [4.78, 5) is 11.0. The van der Waals surface area contributed by atoms with Crippen molar-refractivity contribution in [2.75, 3.05) is 27.2 Å². The van der Waals surface area contributed by atoms with E-state index in [-0.39, 0.29) is 25.0 Å². The molecule has 7 nitrogen and oxygen atoms in total. The number of aliphatic hydroxyl groups excluding tert-OH is 1. The lowest BCUT2D eigenvalue weighted by molar-refractivity contribution is -0.140. The van der Waals surface area contributed by atoms with Crippen LogP contribution in [0, 0.1) is 5.92 Å². The fourth-order valence-corrected chi connectivity index (χ4v) is 3.15. The first-order valence-electron chi connectivity index (χ1n) is 6.81. The number of methoxy groups -OCH3 is 1. The van der Waals surface area contributed by atoms with E-state index in [2.05, 4.69) is 9.46 Å². The maximum Gasteiger partial charge on any atom is 0.306 e. The summed E-state index contributed by atoms with van der Waals surface area (Å²) in [7, 11) is -0.867. The van der Waals surface area contributed by atoms with E-state index in [4.69, 9.17) is 0 Å². The molecule has 1 saturated carbocycles. The van der Waals surface area contributed by atoms with Gasteiger partial charge in [-0.15, -0.1) is 0 Å². The molecular formula is C12H24N2O5S. The maximum absolute atomic E-state index is 12.0. The Bertz CT molecular complexity index is 404. The standard InChI is InChI=1S/C12H24N2O5S/c1-14(8-7-12(16)19-2)20(17,18)13-9-10-3-5-11(15)6-4-10/h10-11,13,15H,3-9H2,1-2H3. The van der Waals surface area contributed by atoms with Gasteiger partial charge >= 0.3 is 5.97 Å². The number of nitrogens with one attached hydrogen (secondary N) is 1. The van der Waals surface area contributed by atoms with Crippen molar-refractivity contribution in [3.05, 3.63) is 0 Å². The number of hydrogen-bond donors (Lipinski definition) is 2. The Hall–Kier alpha value is -0.700. The second kappa shape index (κ2) is 7.92. The van der Waals surface area contributed by atoms with Crippen molar-refractivity contribution < 1.29 is 23.1 Å². The van der Waals surface area contributed by atoms with E-state index in [0.717, 1.165) is 30.0 Å². The minimum Gasteiger partial charge on any atom is -0.469 e. The molecule has 0 aromatic heterocycles. The monoisotopic (exact) mass is 308 g/mol. The summed E-state index contributed by atoms with van der Waals surface area (Å²) in [6.45, 7) is 0.461. The zero-order valence-corrected chi connectivity index (χ0v) is 12.9. The van der Waals surface area contributed by atoms with E-state index >= 15 is 0 Å². The van der Waals surface area contributed by atoms with Crippen molar-refractivity contribution in [3.63, 3.8) is 0 Å². The van der Waals surface area contributed by atoms with Crippen LogP contribution in [-0.4, -0.2) is 57.1 Å². The summed E-state index contributed by atoms with van der Waals surface area (Å²) >= 11 is 0. The van der Waals surface area contributed by atoms with Crippen molar-refractivity contribution in [2.24, 2.45) is 5.92 Å². The Kier molecular flexibility index (Phi) is 6.87. The minimum atomic E-state index is -3.56. The molecule has 0 heterocycles. The van der Waals surface area contributed by atoms with Crippen molar-refractivity contribution >= 4 is 16.2 Å². The first-order chi connectivity index (χ1) is 9.35. The molecule has 1 aliphatic carbocycles. The van der Waals surface area contributed by atoms with Gasteiger partial charge in [0.2, 0.25) is 0 Å². The molecule has 1 rings (SSSR count). The molecule has 0 amide bonds. The zero-order valence-electron chi connectivity index (χ0n) is 12.0. The van der Waals surface area contributed by atoms with Crippen LogP contribution < -0.4 is 4.72 Å². The summed E-state index contributed by atoms with van der Waals surface area (Å²) in [6.07, 6.45) is 2.90. The molecule has 1 aliphatic rings. The van der Waals surface area contributed by atoms with Gasteiger partial charge in [-0.2, -0.15) is 12.7 Å². The molecule has 0 atom stereocenters. The van der Waals surface area contributed by atoms with Crippen molar-refractivity contribution in [2.45, 2.75) is 38.2 Å².